The second kappa shape index (κ2) is 8.65. The highest BCUT2D eigenvalue weighted by atomic mass is 32.1. The molecule has 3 aromatic rings. The Hall–Kier alpha value is -2.58. The molecule has 2 heterocycles. The first-order chi connectivity index (χ1) is 15.9. The molecule has 2 aromatic heterocycles. The molecule has 6 atom stereocenters. The summed E-state index contributed by atoms with van der Waals surface area (Å²) >= 11 is 5.26. The summed E-state index contributed by atoms with van der Waals surface area (Å²) < 4.78 is 33.8. The van der Waals surface area contributed by atoms with Crippen LogP contribution in [0.4, 0.5) is 14.6 Å². The Kier molecular flexibility index (Phi) is 5.82. The highest BCUT2D eigenvalue weighted by Gasteiger charge is 2.45. The molecule has 2 fully saturated rings. The SMILES string of the molecule is OCCO[C@H]1C[C@@H](n2nnc3c(N[C@@H]4C[C@H]4c4ccc(F)c(F)c4)[nH]c(=S)nc32)[C@H](O)[C@@H]1O. The van der Waals surface area contributed by atoms with Crippen LogP contribution in [0.2, 0.25) is 0 Å². The number of benzene rings is 1. The summed E-state index contributed by atoms with van der Waals surface area (Å²) in [6, 6.07) is 3.17. The maximum atomic E-state index is 13.6. The zero-order valence-electron chi connectivity index (χ0n) is 17.2. The predicted molar refractivity (Wildman–Crippen MR) is 114 cm³/mol. The number of aliphatic hydroxyl groups is 3. The van der Waals surface area contributed by atoms with Crippen LogP contribution in [0.5, 0.6) is 0 Å². The molecule has 176 valence electrons. The second-order valence-electron chi connectivity index (χ2n) is 8.31. The number of aliphatic hydroxyl groups excluding tert-OH is 3. The van der Waals surface area contributed by atoms with E-state index in [1.54, 1.807) is 6.07 Å². The molecule has 1 aromatic carbocycles. The lowest BCUT2D eigenvalue weighted by molar-refractivity contribution is -0.0629. The van der Waals surface area contributed by atoms with Crippen molar-refractivity contribution in [1.29, 1.82) is 0 Å². The van der Waals surface area contributed by atoms with Crippen molar-refractivity contribution in [2.45, 2.75) is 49.2 Å². The third kappa shape index (κ3) is 4.10. The number of H-pyrrole nitrogens is 1. The van der Waals surface area contributed by atoms with Gasteiger partial charge in [-0.3, -0.25) is 0 Å². The maximum Gasteiger partial charge on any atom is 0.200 e. The van der Waals surface area contributed by atoms with Crippen LogP contribution in [0.25, 0.3) is 11.2 Å². The van der Waals surface area contributed by atoms with Crippen LogP contribution in [0.15, 0.2) is 18.2 Å². The second-order valence-corrected chi connectivity index (χ2v) is 8.69. The first kappa shape index (κ1) is 22.2. The van der Waals surface area contributed by atoms with Gasteiger partial charge in [-0.15, -0.1) is 5.10 Å². The van der Waals surface area contributed by atoms with Crippen molar-refractivity contribution in [3.8, 4) is 0 Å². The maximum absolute atomic E-state index is 13.6. The number of nitrogens with one attached hydrogen (secondary N) is 2. The number of nitrogens with zero attached hydrogens (tertiary/aromatic N) is 4. The standard InChI is InChI=1S/C20H22F2N6O4S/c21-10-2-1-8(5-11(10)22)9-6-12(9)23-18-15-19(25-20(33)24-18)28(27-26-15)13-7-14(32-4-3-29)17(31)16(13)30/h1-2,5,9,12-14,16-17,29-31H,3-4,6-7H2,(H2,23,24,25,33)/t9-,12+,13+,14-,16-,17+/m0/s1. The summed E-state index contributed by atoms with van der Waals surface area (Å²) in [6.45, 7) is -0.161. The molecular formula is C20H22F2N6O4S. The number of rotatable bonds is 7. The van der Waals surface area contributed by atoms with Crippen LogP contribution >= 0.6 is 12.2 Å². The summed E-state index contributed by atoms with van der Waals surface area (Å²) in [6.07, 6.45) is -2.04. The van der Waals surface area contributed by atoms with Gasteiger partial charge in [0.05, 0.1) is 25.4 Å². The van der Waals surface area contributed by atoms with Crippen molar-refractivity contribution < 1.29 is 28.8 Å². The fraction of sp³-hybridized carbons (Fsp3) is 0.500. The van der Waals surface area contributed by atoms with E-state index in [1.807, 2.05) is 0 Å². The molecule has 33 heavy (non-hydrogen) atoms. The Labute approximate surface area is 191 Å². The molecule has 2 aliphatic rings. The van der Waals surface area contributed by atoms with Crippen LogP contribution in [0, 0.1) is 16.4 Å². The Morgan fingerprint density at radius 3 is 2.79 bits per heavy atom. The number of aromatic nitrogens is 5. The topological polar surface area (TPSA) is 141 Å². The molecule has 0 amide bonds. The lowest BCUT2D eigenvalue weighted by Gasteiger charge is -2.17. The first-order valence-corrected chi connectivity index (χ1v) is 10.9. The monoisotopic (exact) mass is 480 g/mol. The van der Waals surface area contributed by atoms with E-state index in [1.165, 1.54) is 10.7 Å². The molecular weight excluding hydrogens is 458 g/mol. The van der Waals surface area contributed by atoms with Crippen LogP contribution in [-0.2, 0) is 4.74 Å². The van der Waals surface area contributed by atoms with Gasteiger partial charge in [0.15, 0.2) is 22.8 Å². The number of hydrogen-bond donors (Lipinski definition) is 5. The number of halogens is 2. The molecule has 5 N–H and O–H groups in total. The summed E-state index contributed by atoms with van der Waals surface area (Å²) in [5.74, 6) is -1.29. The number of fused-ring (bicyclic) bond motifs is 1. The lowest BCUT2D eigenvalue weighted by atomic mass is 10.1. The molecule has 0 unspecified atom stereocenters. The van der Waals surface area contributed by atoms with Crippen molar-refractivity contribution in [2.75, 3.05) is 18.5 Å². The fourth-order valence-corrected chi connectivity index (χ4v) is 4.59. The Bertz CT molecular complexity index is 1240. The van der Waals surface area contributed by atoms with Gasteiger partial charge in [-0.1, -0.05) is 11.3 Å². The third-order valence-corrected chi connectivity index (χ3v) is 6.37. The van der Waals surface area contributed by atoms with Crippen LogP contribution in [0.1, 0.15) is 30.4 Å². The molecule has 0 radical (unpaired) electrons. The minimum Gasteiger partial charge on any atom is -0.394 e. The van der Waals surface area contributed by atoms with Crippen molar-refractivity contribution >= 4 is 29.2 Å². The van der Waals surface area contributed by atoms with E-state index in [0.717, 1.165) is 6.07 Å². The Balaban J connectivity index is 1.39. The summed E-state index contributed by atoms with van der Waals surface area (Å²) in [5, 5.41) is 41.4. The third-order valence-electron chi connectivity index (χ3n) is 6.17. The molecule has 2 aliphatic carbocycles. The molecule has 0 aliphatic heterocycles. The van der Waals surface area contributed by atoms with Gasteiger partial charge in [0.2, 0.25) is 4.77 Å². The lowest BCUT2D eigenvalue weighted by Crippen LogP contribution is -2.33. The Morgan fingerprint density at radius 2 is 2.03 bits per heavy atom. The van der Waals surface area contributed by atoms with Crippen LogP contribution < -0.4 is 5.32 Å². The molecule has 0 spiro atoms. The minimum atomic E-state index is -1.17. The number of aromatic amines is 1. The summed E-state index contributed by atoms with van der Waals surface area (Å²) in [4.78, 5) is 7.26. The molecule has 0 saturated heterocycles. The van der Waals surface area contributed by atoms with Gasteiger partial charge in [-0.05, 0) is 36.3 Å². The number of hydrogen-bond acceptors (Lipinski definition) is 9. The van der Waals surface area contributed by atoms with Gasteiger partial charge in [-0.25, -0.2) is 13.5 Å². The van der Waals surface area contributed by atoms with Crippen molar-refractivity contribution in [3.05, 3.63) is 40.2 Å². The Morgan fingerprint density at radius 1 is 1.21 bits per heavy atom. The van der Waals surface area contributed by atoms with Gasteiger partial charge >= 0.3 is 0 Å². The summed E-state index contributed by atoms with van der Waals surface area (Å²) in [7, 11) is 0. The van der Waals surface area contributed by atoms with Gasteiger partial charge in [0.25, 0.3) is 0 Å². The zero-order valence-corrected chi connectivity index (χ0v) is 18.0. The smallest absolute Gasteiger partial charge is 0.200 e. The van der Waals surface area contributed by atoms with E-state index in [4.69, 9.17) is 22.1 Å². The van der Waals surface area contributed by atoms with E-state index in [0.29, 0.717) is 29.0 Å². The molecule has 2 saturated carbocycles. The van der Waals surface area contributed by atoms with Gasteiger partial charge in [-0.2, -0.15) is 4.98 Å². The number of anilines is 1. The fourth-order valence-electron chi connectivity index (χ4n) is 4.40. The van der Waals surface area contributed by atoms with E-state index in [9.17, 15) is 19.0 Å². The first-order valence-electron chi connectivity index (χ1n) is 10.5. The molecule has 0 bridgehead atoms. The quantitative estimate of drug-likeness (QED) is 0.315. The molecule has 5 rings (SSSR count). The minimum absolute atomic E-state index is 0.00318. The van der Waals surface area contributed by atoms with Crippen molar-refractivity contribution in [3.63, 3.8) is 0 Å². The summed E-state index contributed by atoms with van der Waals surface area (Å²) in [5.41, 5.74) is 1.40. The average molecular weight is 480 g/mol. The van der Waals surface area contributed by atoms with Gasteiger partial charge in [0.1, 0.15) is 18.0 Å². The molecule has 13 heteroatoms. The highest BCUT2D eigenvalue weighted by Crippen LogP contribution is 2.43. The number of ether oxygens (including phenoxy) is 1. The van der Waals surface area contributed by atoms with Crippen molar-refractivity contribution in [1.82, 2.24) is 25.0 Å². The largest absolute Gasteiger partial charge is 0.394 e. The van der Waals surface area contributed by atoms with Gasteiger partial charge < -0.3 is 30.4 Å². The van der Waals surface area contributed by atoms with E-state index in [2.05, 4.69) is 25.6 Å². The predicted octanol–water partition coefficient (Wildman–Crippen LogP) is 1.17. The van der Waals surface area contributed by atoms with E-state index >= 15 is 0 Å². The van der Waals surface area contributed by atoms with Crippen molar-refractivity contribution in [2.24, 2.45) is 0 Å². The molecule has 10 nitrogen and oxygen atoms in total. The van der Waals surface area contributed by atoms with Crippen LogP contribution in [0.3, 0.4) is 0 Å². The average Bonchev–Trinajstić information content (AvgIpc) is 3.34. The van der Waals surface area contributed by atoms with Gasteiger partial charge in [0, 0.05) is 18.4 Å². The van der Waals surface area contributed by atoms with Crippen LogP contribution in [-0.4, -0.2) is 77.8 Å². The normalized spacial score (nSPS) is 29.0. The van der Waals surface area contributed by atoms with E-state index in [-0.39, 0.29) is 36.4 Å². The zero-order chi connectivity index (χ0) is 23.3. The highest BCUT2D eigenvalue weighted by molar-refractivity contribution is 7.71. The van der Waals surface area contributed by atoms with E-state index < -0.39 is 36.0 Å².